The number of thiazole rings is 1. The fraction of sp³-hybridized carbons (Fsp3) is 0.526. The molecule has 1 fully saturated rings. The quantitative estimate of drug-likeness (QED) is 0.747. The number of nitrogens with one attached hydrogen (secondary N) is 3. The molecule has 2 atom stereocenters. The van der Waals surface area contributed by atoms with Gasteiger partial charge >= 0.3 is 6.03 Å². The Hall–Kier alpha value is -1.99. The summed E-state index contributed by atoms with van der Waals surface area (Å²) in [6.07, 6.45) is 3.28. The lowest BCUT2D eigenvalue weighted by atomic mass is 10.0. The van der Waals surface area contributed by atoms with Gasteiger partial charge in [-0.2, -0.15) is 0 Å². The van der Waals surface area contributed by atoms with Crippen molar-refractivity contribution in [3.8, 4) is 0 Å². The van der Waals surface area contributed by atoms with Crippen molar-refractivity contribution in [3.63, 3.8) is 0 Å². The highest BCUT2D eigenvalue weighted by Gasteiger charge is 2.32. The molecule has 2 heterocycles. The first kappa shape index (κ1) is 18.8. The number of rotatable bonds is 5. The highest BCUT2D eigenvalue weighted by Crippen LogP contribution is 2.28. The van der Waals surface area contributed by atoms with Gasteiger partial charge in [-0.3, -0.25) is 10.1 Å². The zero-order chi connectivity index (χ0) is 18.5. The number of carbonyl (C=O) groups is 2. The van der Waals surface area contributed by atoms with Gasteiger partial charge in [-0.15, -0.1) is 11.3 Å². The van der Waals surface area contributed by atoms with E-state index in [1.165, 1.54) is 9.60 Å². The zero-order valence-corrected chi connectivity index (χ0v) is 16.2. The number of para-hydroxylation sites is 1. The number of piperidine rings is 1. The summed E-state index contributed by atoms with van der Waals surface area (Å²) in [7, 11) is 0. The molecule has 0 aliphatic carbocycles. The molecule has 6 nitrogen and oxygen atoms in total. The Balaban J connectivity index is 1.63. The maximum absolute atomic E-state index is 12.3. The van der Waals surface area contributed by atoms with E-state index in [-0.39, 0.29) is 11.9 Å². The lowest BCUT2D eigenvalue weighted by Gasteiger charge is -2.30. The van der Waals surface area contributed by atoms with Gasteiger partial charge in [-0.25, -0.2) is 9.78 Å². The first-order chi connectivity index (χ1) is 12.5. The Bertz CT molecular complexity index is 741. The van der Waals surface area contributed by atoms with Crippen molar-refractivity contribution >= 4 is 33.5 Å². The van der Waals surface area contributed by atoms with Crippen LogP contribution in [0.2, 0.25) is 0 Å². The summed E-state index contributed by atoms with van der Waals surface area (Å²) in [4.78, 5) is 30.1. The van der Waals surface area contributed by atoms with Crippen LogP contribution < -0.4 is 15.5 Å². The van der Waals surface area contributed by atoms with E-state index >= 15 is 0 Å². The van der Waals surface area contributed by atoms with E-state index in [1.807, 2.05) is 32.0 Å². The molecule has 1 aliphatic heterocycles. The number of benzene rings is 1. The standard InChI is InChI=1S/C19H26N4O2S/c1-13(2)11-20-19(25)22-17(24)12-23-10-6-5-8-15(23)18-21-14-7-3-4-9-16(14)26-18/h3-4,7,9,13,15H,5-6,8,10-12H2,1-2H3,(H2,20,22,24,25)/p+1/t15-/m0/s1. The van der Waals surface area contributed by atoms with Crippen LogP contribution in [0.1, 0.15) is 44.2 Å². The number of urea groups is 1. The van der Waals surface area contributed by atoms with Crippen molar-refractivity contribution in [3.05, 3.63) is 29.3 Å². The van der Waals surface area contributed by atoms with E-state index in [1.54, 1.807) is 11.3 Å². The minimum absolute atomic E-state index is 0.227. The molecule has 0 radical (unpaired) electrons. The topological polar surface area (TPSA) is 75.5 Å². The number of likely N-dealkylation sites (tertiary alicyclic amines) is 1. The Morgan fingerprint density at radius 1 is 1.31 bits per heavy atom. The van der Waals surface area contributed by atoms with Gasteiger partial charge < -0.3 is 10.2 Å². The Morgan fingerprint density at radius 3 is 2.88 bits per heavy atom. The van der Waals surface area contributed by atoms with Crippen molar-refractivity contribution in [1.82, 2.24) is 15.6 Å². The molecule has 1 aromatic carbocycles. The second kappa shape index (κ2) is 8.60. The molecule has 0 bridgehead atoms. The number of aromatic nitrogens is 1. The van der Waals surface area contributed by atoms with Crippen LogP contribution in [0.3, 0.4) is 0 Å². The third kappa shape index (κ3) is 4.80. The highest BCUT2D eigenvalue weighted by molar-refractivity contribution is 7.18. The van der Waals surface area contributed by atoms with Crippen LogP contribution in [0, 0.1) is 5.92 Å². The molecule has 7 heteroatoms. The summed E-state index contributed by atoms with van der Waals surface area (Å²) >= 11 is 1.72. The van der Waals surface area contributed by atoms with Gasteiger partial charge in [-0.05, 0) is 30.9 Å². The molecule has 1 saturated heterocycles. The zero-order valence-electron chi connectivity index (χ0n) is 15.4. The van der Waals surface area contributed by atoms with E-state index in [0.29, 0.717) is 19.0 Å². The largest absolute Gasteiger partial charge is 0.338 e. The summed E-state index contributed by atoms with van der Waals surface area (Å²) in [5.41, 5.74) is 1.02. The number of amides is 3. The lowest BCUT2D eigenvalue weighted by Crippen LogP contribution is -3.14. The molecule has 1 aliphatic rings. The number of hydrogen-bond donors (Lipinski definition) is 3. The van der Waals surface area contributed by atoms with Crippen LogP contribution >= 0.6 is 11.3 Å². The summed E-state index contributed by atoms with van der Waals surface area (Å²) in [5.74, 6) is 0.126. The van der Waals surface area contributed by atoms with Gasteiger partial charge in [0.25, 0.3) is 5.91 Å². The molecule has 1 aromatic heterocycles. The summed E-state index contributed by atoms with van der Waals surface area (Å²) in [5, 5.41) is 6.27. The molecule has 3 rings (SSSR count). The predicted octanol–water partition coefficient (Wildman–Crippen LogP) is 1.89. The van der Waals surface area contributed by atoms with Crippen molar-refractivity contribution in [2.24, 2.45) is 5.92 Å². The van der Waals surface area contributed by atoms with E-state index < -0.39 is 6.03 Å². The van der Waals surface area contributed by atoms with E-state index in [0.717, 1.165) is 36.3 Å². The minimum atomic E-state index is -0.406. The molecule has 26 heavy (non-hydrogen) atoms. The van der Waals surface area contributed by atoms with Crippen LogP contribution in [0.25, 0.3) is 10.2 Å². The first-order valence-corrected chi connectivity index (χ1v) is 10.1. The third-order valence-corrected chi connectivity index (χ3v) is 5.80. The average Bonchev–Trinajstić information content (AvgIpc) is 3.04. The summed E-state index contributed by atoms with van der Waals surface area (Å²) in [6.45, 7) is 5.83. The molecule has 1 unspecified atom stereocenters. The van der Waals surface area contributed by atoms with Crippen LogP contribution in [0.4, 0.5) is 4.79 Å². The number of quaternary nitrogens is 1. The lowest BCUT2D eigenvalue weighted by molar-refractivity contribution is -0.929. The Labute approximate surface area is 158 Å². The highest BCUT2D eigenvalue weighted by atomic mass is 32.1. The first-order valence-electron chi connectivity index (χ1n) is 9.30. The molecule has 0 saturated carbocycles. The average molecular weight is 376 g/mol. The van der Waals surface area contributed by atoms with Gasteiger partial charge in [0.05, 0.1) is 16.8 Å². The molecular formula is C19H27N4O2S+. The number of nitrogens with zero attached hydrogens (tertiary/aromatic N) is 1. The Morgan fingerprint density at radius 2 is 2.12 bits per heavy atom. The van der Waals surface area contributed by atoms with Crippen molar-refractivity contribution in [1.29, 1.82) is 0 Å². The maximum Gasteiger partial charge on any atom is 0.321 e. The van der Waals surface area contributed by atoms with Crippen LogP contribution in [-0.2, 0) is 4.79 Å². The minimum Gasteiger partial charge on any atom is -0.338 e. The molecule has 3 N–H and O–H groups in total. The van der Waals surface area contributed by atoms with Gasteiger partial charge in [0, 0.05) is 13.0 Å². The predicted molar refractivity (Wildman–Crippen MR) is 103 cm³/mol. The van der Waals surface area contributed by atoms with E-state index in [9.17, 15) is 9.59 Å². The van der Waals surface area contributed by atoms with Gasteiger partial charge in [0.2, 0.25) is 0 Å². The molecule has 2 aromatic rings. The van der Waals surface area contributed by atoms with Gasteiger partial charge in [0.15, 0.2) is 11.6 Å². The van der Waals surface area contributed by atoms with E-state index in [4.69, 9.17) is 4.98 Å². The normalized spacial score (nSPS) is 20.3. The number of carbonyl (C=O) groups excluding carboxylic acids is 2. The fourth-order valence-electron chi connectivity index (χ4n) is 3.35. The van der Waals surface area contributed by atoms with Crippen LogP contribution in [-0.4, -0.2) is 36.6 Å². The second-order valence-corrected chi connectivity index (χ2v) is 8.37. The smallest absolute Gasteiger partial charge is 0.321 e. The molecule has 140 valence electrons. The summed E-state index contributed by atoms with van der Waals surface area (Å²) < 4.78 is 1.19. The van der Waals surface area contributed by atoms with Crippen molar-refractivity contribution < 1.29 is 14.5 Å². The molecule has 3 amide bonds. The third-order valence-electron chi connectivity index (χ3n) is 4.65. The SMILES string of the molecule is CC(C)CNC(=O)NC(=O)C[NH+]1CCCC[C@H]1c1nc2ccccc2s1. The fourth-order valence-corrected chi connectivity index (χ4v) is 4.51. The Kier molecular flexibility index (Phi) is 6.21. The second-order valence-electron chi connectivity index (χ2n) is 7.31. The maximum atomic E-state index is 12.3. The van der Waals surface area contributed by atoms with Gasteiger partial charge in [-0.1, -0.05) is 26.0 Å². The van der Waals surface area contributed by atoms with Gasteiger partial charge in [0.1, 0.15) is 6.04 Å². The number of imide groups is 1. The monoisotopic (exact) mass is 375 g/mol. The van der Waals surface area contributed by atoms with Crippen molar-refractivity contribution in [2.75, 3.05) is 19.6 Å². The summed E-state index contributed by atoms with van der Waals surface area (Å²) in [6, 6.07) is 7.97. The molecule has 0 spiro atoms. The van der Waals surface area contributed by atoms with E-state index in [2.05, 4.69) is 16.7 Å². The number of hydrogen-bond acceptors (Lipinski definition) is 4. The number of fused-ring (bicyclic) bond motifs is 1. The molecular weight excluding hydrogens is 348 g/mol. The van der Waals surface area contributed by atoms with Crippen LogP contribution in [0.15, 0.2) is 24.3 Å². The van der Waals surface area contributed by atoms with Crippen LogP contribution in [0.5, 0.6) is 0 Å². The van der Waals surface area contributed by atoms with Crippen molar-refractivity contribution in [2.45, 2.75) is 39.2 Å².